The van der Waals surface area contributed by atoms with Crippen LogP contribution in [0.15, 0.2) is 30.3 Å². The molecule has 214 valence electrons. The molecule has 0 spiro atoms. The van der Waals surface area contributed by atoms with Gasteiger partial charge in [-0.3, -0.25) is 34.3 Å². The second-order valence-electron chi connectivity index (χ2n) is 12.2. The summed E-state index contributed by atoms with van der Waals surface area (Å²) in [4.78, 5) is 65.8. The zero-order chi connectivity index (χ0) is 29.4. The number of rotatable bonds is 7. The Balaban J connectivity index is 1.53. The van der Waals surface area contributed by atoms with E-state index in [1.54, 1.807) is 47.6 Å². The molecule has 0 radical (unpaired) electrons. The fourth-order valence-corrected chi connectivity index (χ4v) is 5.07. The Morgan fingerprint density at radius 3 is 2.35 bits per heavy atom. The van der Waals surface area contributed by atoms with E-state index in [-0.39, 0.29) is 37.7 Å². The highest BCUT2D eigenvalue weighted by molar-refractivity contribution is 6.27. The van der Waals surface area contributed by atoms with Gasteiger partial charge in [0.25, 0.3) is 5.91 Å². The summed E-state index contributed by atoms with van der Waals surface area (Å²) in [6.45, 7) is 10.6. The van der Waals surface area contributed by atoms with Crippen LogP contribution in [0.2, 0.25) is 0 Å². The maximum absolute atomic E-state index is 13.4. The largest absolute Gasteiger partial charge is 0.459 e. The SMILES string of the molecule is CC(C)(C)OC(=O)CN(CCCc1ccc2c3c(cccc13)C(=O)N2C1CCC(=O)NC1=O)C(=O)OC(C)(C)C. The molecule has 1 unspecified atom stereocenters. The van der Waals surface area contributed by atoms with E-state index >= 15 is 0 Å². The van der Waals surface area contributed by atoms with Gasteiger partial charge in [-0.2, -0.15) is 0 Å². The number of hydrogen-bond acceptors (Lipinski definition) is 7. The Morgan fingerprint density at radius 1 is 1.00 bits per heavy atom. The molecule has 0 bridgehead atoms. The number of anilines is 1. The summed E-state index contributed by atoms with van der Waals surface area (Å²) in [5, 5.41) is 3.99. The number of nitrogens with one attached hydrogen (secondary N) is 1. The molecular weight excluding hydrogens is 514 g/mol. The van der Waals surface area contributed by atoms with Crippen LogP contribution in [0, 0.1) is 0 Å². The van der Waals surface area contributed by atoms with Crippen LogP contribution in [0.4, 0.5) is 10.5 Å². The minimum atomic E-state index is -0.748. The van der Waals surface area contributed by atoms with Gasteiger partial charge in [-0.1, -0.05) is 18.2 Å². The smallest absolute Gasteiger partial charge is 0.410 e. The van der Waals surface area contributed by atoms with Crippen molar-refractivity contribution in [2.45, 2.75) is 84.5 Å². The third-order valence-electron chi connectivity index (χ3n) is 6.61. The van der Waals surface area contributed by atoms with Crippen molar-refractivity contribution in [3.8, 4) is 0 Å². The summed E-state index contributed by atoms with van der Waals surface area (Å²) < 4.78 is 10.9. The minimum Gasteiger partial charge on any atom is -0.459 e. The highest BCUT2D eigenvalue weighted by Crippen LogP contribution is 2.41. The average Bonchev–Trinajstić information content (AvgIpc) is 3.10. The molecule has 2 aromatic rings. The first-order chi connectivity index (χ1) is 18.6. The Bertz CT molecular complexity index is 1370. The monoisotopic (exact) mass is 551 g/mol. The zero-order valence-corrected chi connectivity index (χ0v) is 24.0. The third-order valence-corrected chi connectivity index (χ3v) is 6.61. The van der Waals surface area contributed by atoms with Crippen LogP contribution in [0.5, 0.6) is 0 Å². The molecule has 10 nitrogen and oxygen atoms in total. The van der Waals surface area contributed by atoms with Crippen molar-refractivity contribution >= 4 is 46.2 Å². The van der Waals surface area contributed by atoms with Crippen LogP contribution in [-0.2, 0) is 30.3 Å². The number of benzene rings is 2. The third kappa shape index (κ3) is 6.43. The number of piperidine rings is 1. The number of ether oxygens (including phenoxy) is 2. The molecule has 1 N–H and O–H groups in total. The molecule has 4 rings (SSSR count). The summed E-state index contributed by atoms with van der Waals surface area (Å²) >= 11 is 0. The molecule has 2 heterocycles. The number of nitrogens with zero attached hydrogens (tertiary/aromatic N) is 2. The Labute approximate surface area is 234 Å². The molecule has 1 saturated heterocycles. The number of imide groups is 1. The Kier molecular flexibility index (Phi) is 7.92. The summed E-state index contributed by atoms with van der Waals surface area (Å²) in [5.74, 6) is -1.59. The van der Waals surface area contributed by atoms with Gasteiger partial charge in [0, 0.05) is 23.9 Å². The predicted molar refractivity (Wildman–Crippen MR) is 149 cm³/mol. The van der Waals surface area contributed by atoms with E-state index < -0.39 is 35.2 Å². The number of carbonyl (C=O) groups is 5. The molecule has 2 aliphatic rings. The Hall–Kier alpha value is -3.95. The van der Waals surface area contributed by atoms with Crippen molar-refractivity contribution < 1.29 is 33.4 Å². The molecule has 2 aromatic carbocycles. The number of carbonyl (C=O) groups excluding carboxylic acids is 5. The van der Waals surface area contributed by atoms with E-state index in [4.69, 9.17) is 9.47 Å². The molecule has 1 atom stereocenters. The van der Waals surface area contributed by atoms with Crippen LogP contribution in [0.25, 0.3) is 10.8 Å². The maximum Gasteiger partial charge on any atom is 0.410 e. The lowest BCUT2D eigenvalue weighted by molar-refractivity contribution is -0.156. The summed E-state index contributed by atoms with van der Waals surface area (Å²) in [6, 6.07) is 8.50. The first kappa shape index (κ1) is 29.0. The number of esters is 1. The van der Waals surface area contributed by atoms with E-state index in [0.717, 1.165) is 16.3 Å². The van der Waals surface area contributed by atoms with Gasteiger partial charge >= 0.3 is 12.1 Å². The van der Waals surface area contributed by atoms with Crippen molar-refractivity contribution in [1.29, 1.82) is 0 Å². The van der Waals surface area contributed by atoms with Crippen LogP contribution >= 0.6 is 0 Å². The minimum absolute atomic E-state index is 0.176. The van der Waals surface area contributed by atoms with E-state index in [0.29, 0.717) is 24.1 Å². The van der Waals surface area contributed by atoms with Crippen LogP contribution < -0.4 is 10.2 Å². The fourth-order valence-electron chi connectivity index (χ4n) is 5.07. The first-order valence-electron chi connectivity index (χ1n) is 13.6. The van der Waals surface area contributed by atoms with Gasteiger partial charge in [-0.05, 0) is 83.9 Å². The predicted octanol–water partition coefficient (Wildman–Crippen LogP) is 4.12. The van der Waals surface area contributed by atoms with Gasteiger partial charge in [0.05, 0.1) is 5.69 Å². The van der Waals surface area contributed by atoms with Crippen molar-refractivity contribution in [2.75, 3.05) is 18.0 Å². The van der Waals surface area contributed by atoms with Crippen LogP contribution in [-0.4, -0.2) is 65.0 Å². The van der Waals surface area contributed by atoms with E-state index in [1.165, 1.54) is 9.80 Å². The van der Waals surface area contributed by atoms with Crippen molar-refractivity contribution in [3.05, 3.63) is 41.5 Å². The zero-order valence-electron chi connectivity index (χ0n) is 24.0. The van der Waals surface area contributed by atoms with Gasteiger partial charge in [-0.15, -0.1) is 0 Å². The van der Waals surface area contributed by atoms with Crippen molar-refractivity contribution in [1.82, 2.24) is 10.2 Å². The summed E-state index contributed by atoms with van der Waals surface area (Å²) in [7, 11) is 0. The Morgan fingerprint density at radius 2 is 1.70 bits per heavy atom. The van der Waals surface area contributed by atoms with Gasteiger partial charge in [-0.25, -0.2) is 4.79 Å². The topological polar surface area (TPSA) is 122 Å². The highest BCUT2D eigenvalue weighted by atomic mass is 16.6. The normalized spacial score (nSPS) is 17.2. The lowest BCUT2D eigenvalue weighted by atomic mass is 9.97. The van der Waals surface area contributed by atoms with Crippen molar-refractivity contribution in [3.63, 3.8) is 0 Å². The summed E-state index contributed by atoms with van der Waals surface area (Å²) in [6.07, 6.45) is 0.955. The number of hydrogen-bond donors (Lipinski definition) is 1. The molecule has 4 amide bonds. The lowest BCUT2D eigenvalue weighted by Gasteiger charge is -2.30. The van der Waals surface area contributed by atoms with Crippen LogP contribution in [0.3, 0.4) is 0 Å². The molecule has 0 aliphatic carbocycles. The highest BCUT2D eigenvalue weighted by Gasteiger charge is 2.40. The molecular formula is C30H37N3O7. The van der Waals surface area contributed by atoms with Gasteiger partial charge < -0.3 is 9.47 Å². The summed E-state index contributed by atoms with van der Waals surface area (Å²) in [5.41, 5.74) is 0.732. The molecule has 0 aromatic heterocycles. The quantitative estimate of drug-likeness (QED) is 0.406. The van der Waals surface area contributed by atoms with E-state index in [1.807, 2.05) is 24.3 Å². The first-order valence-corrected chi connectivity index (χ1v) is 13.6. The van der Waals surface area contributed by atoms with Crippen LogP contribution in [0.1, 0.15) is 76.7 Å². The number of aryl methyl sites for hydroxylation is 1. The van der Waals surface area contributed by atoms with Gasteiger partial charge in [0.1, 0.15) is 23.8 Å². The fraction of sp³-hybridized carbons (Fsp3) is 0.500. The standard InChI is InChI=1S/C30H37N3O7/c1-29(2,3)39-24(35)17-32(28(38)40-30(4,5)6)16-8-9-18-12-13-21-25-19(18)10-7-11-20(25)27(37)33(21)22-14-15-23(34)31-26(22)36/h7,10-13,22H,8-9,14-17H2,1-6H3,(H,31,34,36). The van der Waals surface area contributed by atoms with Crippen molar-refractivity contribution in [2.24, 2.45) is 0 Å². The van der Waals surface area contributed by atoms with E-state index in [2.05, 4.69) is 5.32 Å². The van der Waals surface area contributed by atoms with Gasteiger partial charge in [0.15, 0.2) is 0 Å². The number of amides is 4. The van der Waals surface area contributed by atoms with Gasteiger partial charge in [0.2, 0.25) is 11.8 Å². The second-order valence-corrected chi connectivity index (χ2v) is 12.2. The average molecular weight is 552 g/mol. The maximum atomic E-state index is 13.4. The lowest BCUT2D eigenvalue weighted by Crippen LogP contribution is -2.53. The molecule has 10 heteroatoms. The van der Waals surface area contributed by atoms with E-state index in [9.17, 15) is 24.0 Å². The molecule has 40 heavy (non-hydrogen) atoms. The second kappa shape index (κ2) is 10.9. The molecule has 2 aliphatic heterocycles. The molecule has 1 fully saturated rings. The molecule has 0 saturated carbocycles.